The summed E-state index contributed by atoms with van der Waals surface area (Å²) in [6, 6.07) is 1.36. The Morgan fingerprint density at radius 1 is 1.31 bits per heavy atom. The van der Waals surface area contributed by atoms with Crippen LogP contribution in [0.25, 0.3) is 11.2 Å². The van der Waals surface area contributed by atoms with Crippen LogP contribution in [-0.2, 0) is 16.1 Å². The van der Waals surface area contributed by atoms with E-state index in [-0.39, 0.29) is 11.7 Å². The second-order valence-electron chi connectivity index (χ2n) is 9.26. The van der Waals surface area contributed by atoms with E-state index in [0.29, 0.717) is 41.6 Å². The Labute approximate surface area is 211 Å². The summed E-state index contributed by atoms with van der Waals surface area (Å²) in [5.74, 6) is 1.55. The molecule has 5 atom stereocenters. The summed E-state index contributed by atoms with van der Waals surface area (Å²) in [5.41, 5.74) is 14.6. The van der Waals surface area contributed by atoms with Crippen molar-refractivity contribution < 1.29 is 19.7 Å². The standard InChI is InChI=1S/C22H31N9O4S/c23-13(21(34)25-7-12-6-14(30-29-12)11-2-1-3-11)4-5-36-8-15-17(32)18(33)22(35-15)31-10-28-16-19(24)26-9-27-20(16)31/h6,9-11,13,15,17-18,22,32-33H,1-5,7-8,23H2,(H,25,34)(H,29,30)(H2,24,26,27)/t13-,15+,17+,18+,22+/m0/s1. The first-order valence-electron chi connectivity index (χ1n) is 12.0. The Bertz CT molecular complexity index is 1200. The van der Waals surface area contributed by atoms with Gasteiger partial charge in [-0.1, -0.05) is 6.42 Å². The molecule has 2 fully saturated rings. The predicted octanol–water partition coefficient (Wildman–Crippen LogP) is -0.215. The molecule has 0 spiro atoms. The van der Waals surface area contributed by atoms with E-state index in [9.17, 15) is 15.0 Å². The maximum atomic E-state index is 12.4. The van der Waals surface area contributed by atoms with Crippen LogP contribution in [0.15, 0.2) is 18.7 Å². The number of hydrogen-bond acceptors (Lipinski definition) is 11. The molecular weight excluding hydrogens is 486 g/mol. The Kier molecular flexibility index (Phi) is 7.39. The summed E-state index contributed by atoms with van der Waals surface area (Å²) in [7, 11) is 0. The van der Waals surface area contributed by atoms with E-state index < -0.39 is 30.6 Å². The molecule has 36 heavy (non-hydrogen) atoms. The van der Waals surface area contributed by atoms with Crippen LogP contribution in [0, 0.1) is 0 Å². The minimum absolute atomic E-state index is 0.224. The van der Waals surface area contributed by atoms with Crippen molar-refractivity contribution in [3.63, 3.8) is 0 Å². The third kappa shape index (κ3) is 5.04. The van der Waals surface area contributed by atoms with Gasteiger partial charge in [-0.25, -0.2) is 15.0 Å². The minimum Gasteiger partial charge on any atom is -0.387 e. The number of nitrogens with two attached hydrogens (primary N) is 2. The number of ether oxygens (including phenoxy) is 1. The van der Waals surface area contributed by atoms with Gasteiger partial charge in [0.15, 0.2) is 17.7 Å². The maximum absolute atomic E-state index is 12.4. The second-order valence-corrected chi connectivity index (χ2v) is 10.4. The minimum atomic E-state index is -1.16. The molecule has 0 radical (unpaired) electrons. The van der Waals surface area contributed by atoms with E-state index in [1.54, 1.807) is 4.57 Å². The fourth-order valence-electron chi connectivity index (χ4n) is 4.39. The number of hydrogen-bond donors (Lipinski definition) is 6. The average Bonchev–Trinajstić information content (AvgIpc) is 3.54. The summed E-state index contributed by atoms with van der Waals surface area (Å²) in [4.78, 5) is 24.6. The Hall–Kier alpha value is -2.78. The number of rotatable bonds is 10. The molecule has 5 rings (SSSR count). The number of H-pyrrole nitrogens is 1. The highest BCUT2D eigenvalue weighted by Crippen LogP contribution is 2.35. The van der Waals surface area contributed by atoms with Crippen molar-refractivity contribution >= 4 is 34.7 Å². The van der Waals surface area contributed by atoms with E-state index in [2.05, 4.69) is 30.5 Å². The molecule has 13 nitrogen and oxygen atoms in total. The van der Waals surface area contributed by atoms with Gasteiger partial charge in [0.25, 0.3) is 0 Å². The van der Waals surface area contributed by atoms with Gasteiger partial charge in [-0.3, -0.25) is 14.5 Å². The van der Waals surface area contributed by atoms with Gasteiger partial charge >= 0.3 is 0 Å². The number of imidazole rings is 1. The lowest BCUT2D eigenvalue weighted by Gasteiger charge is -2.22. The first-order chi connectivity index (χ1) is 17.4. The number of nitrogens with one attached hydrogen (secondary N) is 2. The number of anilines is 1. The van der Waals surface area contributed by atoms with E-state index in [1.165, 1.54) is 43.7 Å². The molecule has 8 N–H and O–H groups in total. The second kappa shape index (κ2) is 10.7. The largest absolute Gasteiger partial charge is 0.387 e. The monoisotopic (exact) mass is 517 g/mol. The van der Waals surface area contributed by atoms with Crippen LogP contribution in [0.3, 0.4) is 0 Å². The average molecular weight is 518 g/mol. The molecule has 194 valence electrons. The number of thioether (sulfide) groups is 1. The molecule has 2 aliphatic rings. The summed E-state index contributed by atoms with van der Waals surface area (Å²) in [5, 5.41) is 31.2. The Morgan fingerprint density at radius 2 is 2.14 bits per heavy atom. The van der Waals surface area contributed by atoms with Gasteiger partial charge < -0.3 is 31.7 Å². The Morgan fingerprint density at radius 3 is 2.92 bits per heavy atom. The lowest BCUT2D eigenvalue weighted by molar-refractivity contribution is -0.122. The summed E-state index contributed by atoms with van der Waals surface area (Å²) >= 11 is 1.49. The molecule has 0 aromatic carbocycles. The smallest absolute Gasteiger partial charge is 0.237 e. The summed E-state index contributed by atoms with van der Waals surface area (Å²) < 4.78 is 7.48. The zero-order chi connectivity index (χ0) is 25.2. The molecule has 3 aromatic rings. The quantitative estimate of drug-likeness (QED) is 0.194. The number of carbonyl (C=O) groups excluding carboxylic acids is 1. The molecule has 1 aliphatic carbocycles. The molecule has 0 bridgehead atoms. The molecule has 0 unspecified atom stereocenters. The third-order valence-corrected chi connectivity index (χ3v) is 7.91. The van der Waals surface area contributed by atoms with Crippen LogP contribution in [0.1, 0.15) is 49.2 Å². The van der Waals surface area contributed by atoms with Gasteiger partial charge in [0.05, 0.1) is 36.4 Å². The number of aromatic nitrogens is 6. The van der Waals surface area contributed by atoms with Gasteiger partial charge in [-0.15, -0.1) is 0 Å². The fraction of sp³-hybridized carbons (Fsp3) is 0.591. The molecule has 14 heteroatoms. The van der Waals surface area contributed by atoms with E-state index >= 15 is 0 Å². The number of nitrogen functional groups attached to an aromatic ring is 1. The summed E-state index contributed by atoms with van der Waals surface area (Å²) in [6.07, 6.45) is 3.11. The number of nitrogens with zero attached hydrogens (tertiary/aromatic N) is 5. The van der Waals surface area contributed by atoms with Crippen LogP contribution in [0.2, 0.25) is 0 Å². The van der Waals surface area contributed by atoms with Crippen LogP contribution in [-0.4, -0.2) is 81.7 Å². The highest BCUT2D eigenvalue weighted by Gasteiger charge is 2.44. The topological polar surface area (TPSA) is 203 Å². The zero-order valence-corrected chi connectivity index (χ0v) is 20.5. The molecule has 1 saturated carbocycles. The number of aliphatic hydroxyl groups excluding tert-OH is 2. The first-order valence-corrected chi connectivity index (χ1v) is 13.2. The Balaban J connectivity index is 1.05. The van der Waals surface area contributed by atoms with Crippen molar-refractivity contribution in [1.82, 2.24) is 35.0 Å². The molecule has 1 amide bonds. The van der Waals surface area contributed by atoms with Gasteiger partial charge in [-0.05, 0) is 31.1 Å². The normalized spacial score (nSPS) is 25.2. The lowest BCUT2D eigenvalue weighted by Crippen LogP contribution is -2.40. The van der Waals surface area contributed by atoms with Crippen molar-refractivity contribution in [2.24, 2.45) is 5.73 Å². The predicted molar refractivity (Wildman–Crippen MR) is 133 cm³/mol. The number of aliphatic hydroxyl groups is 2. The van der Waals surface area contributed by atoms with Crippen molar-refractivity contribution in [1.29, 1.82) is 0 Å². The van der Waals surface area contributed by atoms with Crippen LogP contribution in [0.4, 0.5) is 5.82 Å². The van der Waals surface area contributed by atoms with Crippen molar-refractivity contribution in [2.45, 2.75) is 68.7 Å². The molecule has 1 aliphatic heterocycles. The van der Waals surface area contributed by atoms with Crippen molar-refractivity contribution in [3.05, 3.63) is 30.1 Å². The van der Waals surface area contributed by atoms with Gasteiger partial charge in [-0.2, -0.15) is 16.9 Å². The maximum Gasteiger partial charge on any atom is 0.237 e. The number of carbonyl (C=O) groups is 1. The van der Waals surface area contributed by atoms with E-state index in [1.807, 2.05) is 6.07 Å². The van der Waals surface area contributed by atoms with Crippen molar-refractivity contribution in [3.8, 4) is 0 Å². The molecule has 4 heterocycles. The lowest BCUT2D eigenvalue weighted by atomic mass is 9.83. The van der Waals surface area contributed by atoms with Gasteiger partial charge in [0.1, 0.15) is 24.1 Å². The third-order valence-electron chi connectivity index (χ3n) is 6.82. The zero-order valence-electron chi connectivity index (χ0n) is 19.7. The highest BCUT2D eigenvalue weighted by atomic mass is 32.2. The number of fused-ring (bicyclic) bond motifs is 1. The van der Waals surface area contributed by atoms with Crippen LogP contribution >= 0.6 is 11.8 Å². The van der Waals surface area contributed by atoms with Crippen molar-refractivity contribution in [2.75, 3.05) is 17.2 Å². The van der Waals surface area contributed by atoms with Crippen LogP contribution in [0.5, 0.6) is 0 Å². The van der Waals surface area contributed by atoms with Crippen LogP contribution < -0.4 is 16.8 Å². The fourth-order valence-corrected chi connectivity index (χ4v) is 5.49. The highest BCUT2D eigenvalue weighted by molar-refractivity contribution is 7.99. The molecular formula is C22H31N9O4S. The number of aromatic amines is 1. The van der Waals surface area contributed by atoms with E-state index in [0.717, 1.165) is 11.4 Å². The summed E-state index contributed by atoms with van der Waals surface area (Å²) in [6.45, 7) is 0.361. The molecule has 3 aromatic heterocycles. The van der Waals surface area contributed by atoms with Gasteiger partial charge in [0, 0.05) is 11.7 Å². The van der Waals surface area contributed by atoms with E-state index in [4.69, 9.17) is 16.2 Å². The first kappa shape index (κ1) is 24.9. The SMILES string of the molecule is Nc1ncnc2c1ncn2[C@@H]1O[C@H](CSCC[C@H](N)C(=O)NCc2cc(C3CCC3)n[nH]2)[C@@H](O)[C@H]1O. The molecule has 1 saturated heterocycles. The number of amides is 1. The van der Waals surface area contributed by atoms with Gasteiger partial charge in [0.2, 0.25) is 5.91 Å².